The van der Waals surface area contributed by atoms with Crippen molar-refractivity contribution in [3.63, 3.8) is 0 Å². The van der Waals surface area contributed by atoms with Gasteiger partial charge in [0.05, 0.1) is 18.4 Å². The van der Waals surface area contributed by atoms with E-state index in [-0.39, 0.29) is 22.7 Å². The summed E-state index contributed by atoms with van der Waals surface area (Å²) in [7, 11) is 0. The summed E-state index contributed by atoms with van der Waals surface area (Å²) in [6.07, 6.45) is 7.30. The summed E-state index contributed by atoms with van der Waals surface area (Å²) in [5.74, 6) is 1.62. The average molecular weight is 460 g/mol. The van der Waals surface area contributed by atoms with Crippen LogP contribution in [0.15, 0.2) is 35.5 Å². The predicted molar refractivity (Wildman–Crippen MR) is 132 cm³/mol. The molecule has 2 heterocycles. The van der Waals surface area contributed by atoms with Gasteiger partial charge >= 0.3 is 0 Å². The van der Waals surface area contributed by atoms with Crippen LogP contribution in [0.25, 0.3) is 0 Å². The van der Waals surface area contributed by atoms with Gasteiger partial charge in [0.15, 0.2) is 0 Å². The molecule has 0 saturated heterocycles. The zero-order chi connectivity index (χ0) is 23.5. The first-order chi connectivity index (χ1) is 15.2. The molecule has 1 unspecified atom stereocenters. The Kier molecular flexibility index (Phi) is 7.99. The van der Waals surface area contributed by atoms with E-state index in [1.165, 1.54) is 10.2 Å². The molecule has 0 spiro atoms. The molecule has 2 N–H and O–H groups in total. The third-order valence-electron chi connectivity index (χ3n) is 8.03. The molecule has 1 fully saturated rings. The van der Waals surface area contributed by atoms with Crippen LogP contribution in [-0.4, -0.2) is 27.4 Å². The van der Waals surface area contributed by atoms with Gasteiger partial charge in [-0.25, -0.2) is 4.68 Å². The highest BCUT2D eigenvalue weighted by Gasteiger charge is 2.43. The molecule has 6 nitrogen and oxygen atoms in total. The fourth-order valence-corrected chi connectivity index (χ4v) is 5.13. The van der Waals surface area contributed by atoms with Crippen LogP contribution in [0, 0.1) is 23.2 Å². The molecule has 0 radical (unpaired) electrons. The molecule has 3 rings (SSSR count). The highest BCUT2D eigenvalue weighted by atomic mass is 35.5. The Bertz CT molecular complexity index is 945. The van der Waals surface area contributed by atoms with Crippen molar-refractivity contribution in [2.75, 3.05) is 11.9 Å². The number of hydrogen-bond donors (Lipinski definition) is 2. The van der Waals surface area contributed by atoms with Crippen molar-refractivity contribution in [3.8, 4) is 0 Å². The Labute approximate surface area is 197 Å². The lowest BCUT2D eigenvalue weighted by molar-refractivity contribution is 0.0316. The second-order valence-electron chi connectivity index (χ2n) is 9.95. The largest absolute Gasteiger partial charge is 0.379 e. The van der Waals surface area contributed by atoms with Crippen molar-refractivity contribution in [2.45, 2.75) is 73.0 Å². The Hall–Kier alpha value is -1.92. The number of nitrogens with one attached hydrogen (secondary N) is 2. The minimum atomic E-state index is -0.250. The molecule has 2 aromatic rings. The maximum atomic E-state index is 12.9. The van der Waals surface area contributed by atoms with E-state index < -0.39 is 0 Å². The fraction of sp³-hybridized carbons (Fsp3) is 0.640. The summed E-state index contributed by atoms with van der Waals surface area (Å²) in [4.78, 5) is 16.9. The molecule has 32 heavy (non-hydrogen) atoms. The van der Waals surface area contributed by atoms with Crippen molar-refractivity contribution < 1.29 is 0 Å². The number of halogens is 1. The van der Waals surface area contributed by atoms with Crippen LogP contribution in [0.4, 0.5) is 5.69 Å². The molecular formula is C25H38ClN5O. The Balaban J connectivity index is 1.65. The molecule has 0 bridgehead atoms. The summed E-state index contributed by atoms with van der Waals surface area (Å²) < 4.78 is 1.44. The van der Waals surface area contributed by atoms with Gasteiger partial charge in [0.1, 0.15) is 5.02 Å². The van der Waals surface area contributed by atoms with Crippen LogP contribution in [0.2, 0.25) is 5.02 Å². The lowest BCUT2D eigenvalue weighted by Crippen LogP contribution is -2.48. The minimum Gasteiger partial charge on any atom is -0.379 e. The van der Waals surface area contributed by atoms with Gasteiger partial charge in [-0.05, 0) is 53.7 Å². The van der Waals surface area contributed by atoms with Gasteiger partial charge in [0.2, 0.25) is 0 Å². The molecule has 0 aromatic carbocycles. The van der Waals surface area contributed by atoms with Crippen LogP contribution >= 0.6 is 11.6 Å². The van der Waals surface area contributed by atoms with E-state index in [0.717, 1.165) is 12.8 Å². The molecule has 1 aliphatic rings. The number of nitrogens with zero attached hydrogens (tertiary/aromatic N) is 3. The molecule has 0 aliphatic heterocycles. The Morgan fingerprint density at radius 1 is 1.25 bits per heavy atom. The lowest BCUT2D eigenvalue weighted by Gasteiger charge is -2.50. The number of hydrogen-bond acceptors (Lipinski definition) is 5. The van der Waals surface area contributed by atoms with Gasteiger partial charge in [0, 0.05) is 31.0 Å². The van der Waals surface area contributed by atoms with Crippen molar-refractivity contribution in [2.24, 2.45) is 23.2 Å². The second-order valence-corrected chi connectivity index (χ2v) is 10.3. The van der Waals surface area contributed by atoms with Crippen molar-refractivity contribution >= 4 is 17.3 Å². The van der Waals surface area contributed by atoms with Gasteiger partial charge in [-0.1, -0.05) is 53.1 Å². The van der Waals surface area contributed by atoms with Gasteiger partial charge in [0.25, 0.3) is 5.56 Å². The Morgan fingerprint density at radius 2 is 1.94 bits per heavy atom. The van der Waals surface area contributed by atoms with Gasteiger partial charge < -0.3 is 10.6 Å². The zero-order valence-corrected chi connectivity index (χ0v) is 21.0. The van der Waals surface area contributed by atoms with Crippen LogP contribution in [-0.2, 0) is 6.54 Å². The van der Waals surface area contributed by atoms with Crippen molar-refractivity contribution in [3.05, 3.63) is 51.7 Å². The van der Waals surface area contributed by atoms with Crippen molar-refractivity contribution in [1.82, 2.24) is 20.1 Å². The van der Waals surface area contributed by atoms with Crippen LogP contribution in [0.1, 0.15) is 66.0 Å². The monoisotopic (exact) mass is 459 g/mol. The number of aromatic nitrogens is 3. The highest BCUT2D eigenvalue weighted by molar-refractivity contribution is 6.32. The van der Waals surface area contributed by atoms with Crippen LogP contribution < -0.4 is 16.2 Å². The molecule has 7 heteroatoms. The topological polar surface area (TPSA) is 71.8 Å². The molecule has 0 amide bonds. The third kappa shape index (κ3) is 5.18. The van der Waals surface area contributed by atoms with Crippen LogP contribution in [0.5, 0.6) is 0 Å². The highest BCUT2D eigenvalue weighted by Crippen LogP contribution is 2.48. The first kappa shape index (κ1) is 24.7. The number of anilines is 1. The van der Waals surface area contributed by atoms with Crippen LogP contribution in [0.3, 0.4) is 0 Å². The van der Waals surface area contributed by atoms with E-state index in [2.05, 4.69) is 62.3 Å². The normalized spacial score (nSPS) is 26.0. The standard InChI is InChI=1S/C25H38ClN5O/c1-7-20(19-8-10-27-11-9-19)28-12-13-31-24(32)23(26)22(15-29-31)30-21-14-16(2)25(5,6)18(4)17(21)3/h8-11,15-18,20-21,28,30H,7,12-14H2,1-6H3/t16-,17+,18+,20?,21+/m0/s1. The quantitative estimate of drug-likeness (QED) is 0.571. The molecule has 1 aliphatic carbocycles. The molecular weight excluding hydrogens is 422 g/mol. The van der Waals surface area contributed by atoms with Gasteiger partial charge in [-0.3, -0.25) is 9.78 Å². The zero-order valence-electron chi connectivity index (χ0n) is 20.2. The molecule has 2 aromatic heterocycles. The summed E-state index contributed by atoms with van der Waals surface area (Å²) in [5.41, 5.74) is 1.87. The minimum absolute atomic E-state index is 0.214. The predicted octanol–water partition coefficient (Wildman–Crippen LogP) is 5.15. The van der Waals surface area contributed by atoms with E-state index in [4.69, 9.17) is 11.6 Å². The number of rotatable bonds is 8. The smallest absolute Gasteiger partial charge is 0.287 e. The second kappa shape index (κ2) is 10.3. The molecule has 5 atom stereocenters. The van der Waals surface area contributed by atoms with Gasteiger partial charge in [-0.2, -0.15) is 5.10 Å². The fourth-order valence-electron chi connectivity index (χ4n) is 4.93. The van der Waals surface area contributed by atoms with Gasteiger partial charge in [-0.15, -0.1) is 0 Å². The summed E-state index contributed by atoms with van der Waals surface area (Å²) >= 11 is 6.50. The maximum Gasteiger partial charge on any atom is 0.287 e. The van der Waals surface area contributed by atoms with E-state index >= 15 is 0 Å². The SMILES string of the molecule is CCC(NCCn1ncc(N[C@@H]2C[C@H](C)C(C)(C)[C@H](C)[C@H]2C)c(Cl)c1=O)c1ccncc1. The number of pyridine rings is 1. The average Bonchev–Trinajstić information content (AvgIpc) is 2.79. The van der Waals surface area contributed by atoms with E-state index in [1.807, 2.05) is 12.1 Å². The van der Waals surface area contributed by atoms with E-state index in [0.29, 0.717) is 41.9 Å². The first-order valence-electron chi connectivity index (χ1n) is 11.8. The lowest BCUT2D eigenvalue weighted by atomic mass is 9.58. The summed E-state index contributed by atoms with van der Waals surface area (Å²) in [5, 5.41) is 11.7. The van der Waals surface area contributed by atoms with Crippen molar-refractivity contribution in [1.29, 1.82) is 0 Å². The maximum absolute atomic E-state index is 12.9. The van der Waals surface area contributed by atoms with E-state index in [1.54, 1.807) is 18.6 Å². The Morgan fingerprint density at radius 3 is 2.59 bits per heavy atom. The van der Waals surface area contributed by atoms with E-state index in [9.17, 15) is 4.79 Å². The molecule has 176 valence electrons. The first-order valence-corrected chi connectivity index (χ1v) is 12.2. The third-order valence-corrected chi connectivity index (χ3v) is 8.40. The molecule has 1 saturated carbocycles. The summed E-state index contributed by atoms with van der Waals surface area (Å²) in [6.45, 7) is 14.9. The summed E-state index contributed by atoms with van der Waals surface area (Å²) in [6, 6.07) is 4.51.